The summed E-state index contributed by atoms with van der Waals surface area (Å²) < 4.78 is 5.08. The van der Waals surface area contributed by atoms with Gasteiger partial charge in [0.2, 0.25) is 0 Å². The lowest BCUT2D eigenvalue weighted by Gasteiger charge is -2.23. The Morgan fingerprint density at radius 1 is 1.50 bits per heavy atom. The van der Waals surface area contributed by atoms with Gasteiger partial charge in [-0.25, -0.2) is 0 Å². The van der Waals surface area contributed by atoms with Crippen molar-refractivity contribution >= 4 is 5.96 Å². The van der Waals surface area contributed by atoms with Crippen LogP contribution in [0.15, 0.2) is 23.2 Å². The largest absolute Gasteiger partial charge is 0.504 e. The molecule has 5 nitrogen and oxygen atoms in total. The second kappa shape index (κ2) is 7.03. The van der Waals surface area contributed by atoms with E-state index >= 15 is 0 Å². The molecule has 0 heterocycles. The smallest absolute Gasteiger partial charge is 0.188 e. The minimum atomic E-state index is 0.196. The van der Waals surface area contributed by atoms with Gasteiger partial charge in [-0.05, 0) is 36.8 Å². The Labute approximate surface area is 119 Å². The van der Waals surface area contributed by atoms with Crippen molar-refractivity contribution in [2.75, 3.05) is 20.2 Å². The first-order valence-electron chi connectivity index (χ1n) is 7.09. The summed E-state index contributed by atoms with van der Waals surface area (Å²) in [5.74, 6) is 1.90. The SMILES string of the molecule is COc1cccc(CCNC(N)=NCC2CCC2)c1O. The summed E-state index contributed by atoms with van der Waals surface area (Å²) in [6, 6.07) is 5.48. The number of nitrogens with two attached hydrogens (primary N) is 1. The van der Waals surface area contributed by atoms with Gasteiger partial charge in [0, 0.05) is 13.1 Å². The Morgan fingerprint density at radius 2 is 2.30 bits per heavy atom. The van der Waals surface area contributed by atoms with Gasteiger partial charge in [-0.15, -0.1) is 0 Å². The van der Waals surface area contributed by atoms with Crippen molar-refractivity contribution in [1.82, 2.24) is 5.32 Å². The van der Waals surface area contributed by atoms with Crippen LogP contribution in [-0.4, -0.2) is 31.3 Å². The van der Waals surface area contributed by atoms with Crippen molar-refractivity contribution in [3.05, 3.63) is 23.8 Å². The molecule has 0 aliphatic heterocycles. The molecule has 1 aliphatic rings. The molecule has 2 rings (SSSR count). The summed E-state index contributed by atoms with van der Waals surface area (Å²) in [7, 11) is 1.54. The van der Waals surface area contributed by atoms with Crippen molar-refractivity contribution in [1.29, 1.82) is 0 Å². The highest BCUT2D eigenvalue weighted by molar-refractivity contribution is 5.77. The van der Waals surface area contributed by atoms with Crippen LogP contribution in [-0.2, 0) is 6.42 Å². The van der Waals surface area contributed by atoms with Gasteiger partial charge >= 0.3 is 0 Å². The number of methoxy groups -OCH3 is 1. The third-order valence-corrected chi connectivity index (χ3v) is 3.75. The number of ether oxygens (including phenoxy) is 1. The van der Waals surface area contributed by atoms with E-state index in [9.17, 15) is 5.11 Å². The summed E-state index contributed by atoms with van der Waals surface area (Å²) in [6.45, 7) is 1.46. The number of phenols is 1. The van der Waals surface area contributed by atoms with Crippen LogP contribution < -0.4 is 15.8 Å². The minimum Gasteiger partial charge on any atom is -0.504 e. The number of rotatable bonds is 6. The van der Waals surface area contributed by atoms with E-state index in [0.717, 1.165) is 18.0 Å². The van der Waals surface area contributed by atoms with Crippen molar-refractivity contribution in [3.63, 3.8) is 0 Å². The summed E-state index contributed by atoms with van der Waals surface area (Å²) in [6.07, 6.45) is 4.54. The predicted molar refractivity (Wildman–Crippen MR) is 80.2 cm³/mol. The molecule has 1 fully saturated rings. The van der Waals surface area contributed by atoms with E-state index in [0.29, 0.717) is 24.7 Å². The number of benzene rings is 1. The van der Waals surface area contributed by atoms with Gasteiger partial charge < -0.3 is 20.9 Å². The number of phenolic OH excluding ortho intramolecular Hbond substituents is 1. The molecule has 0 spiro atoms. The molecule has 1 aromatic rings. The first kappa shape index (κ1) is 14.5. The first-order chi connectivity index (χ1) is 9.70. The van der Waals surface area contributed by atoms with Gasteiger partial charge in [-0.1, -0.05) is 18.6 Å². The molecular formula is C15H23N3O2. The fraction of sp³-hybridized carbons (Fsp3) is 0.533. The van der Waals surface area contributed by atoms with Crippen LogP contribution in [0.5, 0.6) is 11.5 Å². The van der Waals surface area contributed by atoms with Crippen LogP contribution in [0.4, 0.5) is 0 Å². The minimum absolute atomic E-state index is 0.196. The zero-order valence-electron chi connectivity index (χ0n) is 11.9. The van der Waals surface area contributed by atoms with Gasteiger partial charge in [0.25, 0.3) is 0 Å². The highest BCUT2D eigenvalue weighted by Crippen LogP contribution is 2.29. The number of para-hydroxylation sites is 1. The number of guanidine groups is 1. The van der Waals surface area contributed by atoms with E-state index in [1.807, 2.05) is 12.1 Å². The maximum atomic E-state index is 9.96. The molecule has 1 aliphatic carbocycles. The molecule has 0 saturated heterocycles. The number of nitrogens with one attached hydrogen (secondary N) is 1. The number of hydrogen-bond acceptors (Lipinski definition) is 3. The quantitative estimate of drug-likeness (QED) is 0.545. The molecule has 0 aromatic heterocycles. The molecule has 110 valence electrons. The Bertz CT molecular complexity index is 470. The van der Waals surface area contributed by atoms with E-state index in [-0.39, 0.29) is 5.75 Å². The van der Waals surface area contributed by atoms with E-state index in [1.165, 1.54) is 19.3 Å². The molecule has 1 saturated carbocycles. The molecule has 0 bridgehead atoms. The average Bonchev–Trinajstić information content (AvgIpc) is 2.39. The van der Waals surface area contributed by atoms with E-state index in [1.54, 1.807) is 13.2 Å². The molecule has 4 N–H and O–H groups in total. The normalized spacial score (nSPS) is 15.8. The molecule has 0 unspecified atom stereocenters. The van der Waals surface area contributed by atoms with Crippen LogP contribution in [0.2, 0.25) is 0 Å². The van der Waals surface area contributed by atoms with Gasteiger partial charge in [0.1, 0.15) is 0 Å². The van der Waals surface area contributed by atoms with Gasteiger partial charge in [-0.2, -0.15) is 0 Å². The number of hydrogen-bond donors (Lipinski definition) is 3. The Hall–Kier alpha value is -1.91. The Morgan fingerprint density at radius 3 is 2.95 bits per heavy atom. The van der Waals surface area contributed by atoms with Crippen molar-refractivity contribution in [3.8, 4) is 11.5 Å². The standard InChI is InChI=1S/C15H23N3O2/c1-20-13-7-3-6-12(14(13)19)8-9-17-15(16)18-10-11-4-2-5-11/h3,6-7,11,19H,2,4-5,8-10H2,1H3,(H3,16,17,18). The summed E-state index contributed by atoms with van der Waals surface area (Å²) in [4.78, 5) is 4.33. The number of nitrogens with zero attached hydrogens (tertiary/aromatic N) is 1. The van der Waals surface area contributed by atoms with E-state index < -0.39 is 0 Å². The number of aromatic hydroxyl groups is 1. The van der Waals surface area contributed by atoms with Crippen LogP contribution in [0, 0.1) is 5.92 Å². The Balaban J connectivity index is 1.77. The lowest BCUT2D eigenvalue weighted by atomic mass is 9.86. The molecule has 20 heavy (non-hydrogen) atoms. The highest BCUT2D eigenvalue weighted by Gasteiger charge is 2.16. The van der Waals surface area contributed by atoms with Crippen LogP contribution in [0.25, 0.3) is 0 Å². The molecule has 5 heteroatoms. The zero-order valence-corrected chi connectivity index (χ0v) is 11.9. The fourth-order valence-electron chi connectivity index (χ4n) is 2.22. The fourth-order valence-corrected chi connectivity index (χ4v) is 2.22. The predicted octanol–water partition coefficient (Wildman–Crippen LogP) is 1.65. The summed E-state index contributed by atoms with van der Waals surface area (Å²) in [5.41, 5.74) is 6.65. The molecule has 0 atom stereocenters. The van der Waals surface area contributed by atoms with Crippen molar-refractivity contribution in [2.24, 2.45) is 16.6 Å². The first-order valence-corrected chi connectivity index (χ1v) is 7.09. The maximum absolute atomic E-state index is 9.96. The van der Waals surface area contributed by atoms with Gasteiger partial charge in [0.15, 0.2) is 17.5 Å². The Kier molecular flexibility index (Phi) is 5.09. The zero-order chi connectivity index (χ0) is 14.4. The third-order valence-electron chi connectivity index (χ3n) is 3.75. The monoisotopic (exact) mass is 277 g/mol. The van der Waals surface area contributed by atoms with E-state index in [2.05, 4.69) is 10.3 Å². The molecule has 0 radical (unpaired) electrons. The van der Waals surface area contributed by atoms with Gasteiger partial charge in [-0.3, -0.25) is 4.99 Å². The third kappa shape index (κ3) is 3.79. The lowest BCUT2D eigenvalue weighted by Crippen LogP contribution is -2.34. The molecular weight excluding hydrogens is 254 g/mol. The maximum Gasteiger partial charge on any atom is 0.188 e. The van der Waals surface area contributed by atoms with E-state index in [4.69, 9.17) is 10.5 Å². The lowest BCUT2D eigenvalue weighted by molar-refractivity contribution is 0.326. The number of aliphatic imine (C=N–C) groups is 1. The average molecular weight is 277 g/mol. The molecule has 1 aromatic carbocycles. The topological polar surface area (TPSA) is 79.9 Å². The van der Waals surface area contributed by atoms with Crippen molar-refractivity contribution in [2.45, 2.75) is 25.7 Å². The van der Waals surface area contributed by atoms with Crippen LogP contribution in [0.3, 0.4) is 0 Å². The summed E-state index contributed by atoms with van der Waals surface area (Å²) in [5, 5.41) is 13.0. The van der Waals surface area contributed by atoms with Gasteiger partial charge in [0.05, 0.1) is 7.11 Å². The second-order valence-electron chi connectivity index (χ2n) is 5.17. The highest BCUT2D eigenvalue weighted by atomic mass is 16.5. The molecule has 0 amide bonds. The second-order valence-corrected chi connectivity index (χ2v) is 5.17. The summed E-state index contributed by atoms with van der Waals surface area (Å²) >= 11 is 0. The van der Waals surface area contributed by atoms with Crippen LogP contribution >= 0.6 is 0 Å². The van der Waals surface area contributed by atoms with Crippen molar-refractivity contribution < 1.29 is 9.84 Å². The van der Waals surface area contributed by atoms with Crippen LogP contribution in [0.1, 0.15) is 24.8 Å².